The molecule has 0 atom stereocenters. The summed E-state index contributed by atoms with van der Waals surface area (Å²) in [7, 11) is 0. The summed E-state index contributed by atoms with van der Waals surface area (Å²) >= 11 is 1.61. The van der Waals surface area contributed by atoms with Crippen molar-refractivity contribution in [2.75, 3.05) is 13.1 Å². The van der Waals surface area contributed by atoms with E-state index in [4.69, 9.17) is 9.98 Å². The van der Waals surface area contributed by atoms with E-state index in [1.165, 1.54) is 5.56 Å². The third-order valence-corrected chi connectivity index (χ3v) is 6.19. The predicted octanol–water partition coefficient (Wildman–Crippen LogP) is 7.54. The van der Waals surface area contributed by atoms with Gasteiger partial charge in [-0.1, -0.05) is 114 Å². The largest absolute Gasteiger partial charge is 0.349 e. The van der Waals surface area contributed by atoms with Crippen molar-refractivity contribution in [2.45, 2.75) is 6.92 Å². The molecule has 0 saturated carbocycles. The van der Waals surface area contributed by atoms with Gasteiger partial charge >= 0.3 is 0 Å². The van der Waals surface area contributed by atoms with Gasteiger partial charge in [-0.2, -0.15) is 0 Å². The number of rotatable bonds is 8. The Morgan fingerprint density at radius 2 is 1.42 bits per heavy atom. The minimum Gasteiger partial charge on any atom is -0.349 e. The van der Waals surface area contributed by atoms with E-state index in [2.05, 4.69) is 73.5 Å². The number of benzene rings is 3. The van der Waals surface area contributed by atoms with Crippen LogP contribution in [0.2, 0.25) is 0 Å². The second-order valence-corrected chi connectivity index (χ2v) is 8.67. The van der Waals surface area contributed by atoms with Crippen LogP contribution >= 0.6 is 11.3 Å². The summed E-state index contributed by atoms with van der Waals surface area (Å²) in [4.78, 5) is 12.4. The highest BCUT2D eigenvalue weighted by Crippen LogP contribution is 2.40. The van der Waals surface area contributed by atoms with Gasteiger partial charge in [-0.15, -0.1) is 13.2 Å². The molecule has 4 heteroatoms. The van der Waals surface area contributed by atoms with Crippen molar-refractivity contribution >= 4 is 22.2 Å². The van der Waals surface area contributed by atoms with Crippen molar-refractivity contribution in [1.29, 1.82) is 0 Å². The van der Waals surface area contributed by atoms with Crippen LogP contribution in [0.3, 0.4) is 0 Å². The van der Waals surface area contributed by atoms with Gasteiger partial charge in [-0.3, -0.25) is 0 Å². The van der Waals surface area contributed by atoms with Gasteiger partial charge in [-0.05, 0) is 6.92 Å². The normalized spacial score (nSPS) is 11.2. The maximum atomic E-state index is 5.22. The first-order valence-corrected chi connectivity index (χ1v) is 11.8. The molecule has 3 aromatic carbocycles. The first-order valence-electron chi connectivity index (χ1n) is 10.9. The van der Waals surface area contributed by atoms with Gasteiger partial charge < -0.3 is 4.90 Å². The Morgan fingerprint density at radius 3 is 2.00 bits per heavy atom. The average molecular weight is 450 g/mol. The quantitative estimate of drug-likeness (QED) is 0.158. The van der Waals surface area contributed by atoms with Gasteiger partial charge in [0.1, 0.15) is 21.5 Å². The smallest absolute Gasteiger partial charge is 0.146 e. The van der Waals surface area contributed by atoms with Crippen LogP contribution in [0.1, 0.15) is 11.1 Å². The first-order chi connectivity index (χ1) is 16.2. The van der Waals surface area contributed by atoms with Crippen LogP contribution in [-0.2, 0) is 0 Å². The summed E-state index contributed by atoms with van der Waals surface area (Å²) in [5.74, 6) is 0.884. The Kier molecular flexibility index (Phi) is 7.28. The molecule has 0 N–H and O–H groups in total. The predicted molar refractivity (Wildman–Crippen MR) is 142 cm³/mol. The van der Waals surface area contributed by atoms with Crippen LogP contribution in [-0.4, -0.2) is 28.8 Å². The van der Waals surface area contributed by atoms with Crippen molar-refractivity contribution in [3.63, 3.8) is 0 Å². The molecule has 0 unspecified atom stereocenters. The number of hydrogen-bond donors (Lipinski definition) is 0. The molecule has 33 heavy (non-hydrogen) atoms. The van der Waals surface area contributed by atoms with Crippen LogP contribution in [0.4, 0.5) is 5.00 Å². The molecule has 0 amide bonds. The fourth-order valence-electron chi connectivity index (χ4n) is 3.55. The molecule has 1 heterocycles. The Morgan fingerprint density at radius 1 is 0.848 bits per heavy atom. The fourth-order valence-corrected chi connectivity index (χ4v) is 4.52. The summed E-state index contributed by atoms with van der Waals surface area (Å²) in [6.07, 6.45) is 3.79. The van der Waals surface area contributed by atoms with Crippen LogP contribution in [0.25, 0.3) is 21.8 Å². The number of aryl methyl sites for hydroxylation is 1. The third-order valence-electron chi connectivity index (χ3n) is 5.19. The van der Waals surface area contributed by atoms with Crippen molar-refractivity contribution < 1.29 is 0 Å². The van der Waals surface area contributed by atoms with E-state index in [0.717, 1.165) is 38.2 Å². The van der Waals surface area contributed by atoms with E-state index >= 15 is 0 Å². The molecule has 0 aliphatic carbocycles. The number of hydrogen-bond acceptors (Lipinski definition) is 3. The summed E-state index contributed by atoms with van der Waals surface area (Å²) in [5, 5.41) is 1.84. The Labute approximate surface area is 200 Å². The monoisotopic (exact) mass is 449 g/mol. The highest BCUT2D eigenvalue weighted by molar-refractivity contribution is 7.19. The lowest BCUT2D eigenvalue weighted by atomic mass is 10.1. The van der Waals surface area contributed by atoms with Crippen LogP contribution in [0, 0.1) is 6.92 Å². The SMILES string of the molecule is C=CCN(CC=C)/C(=N/c1sc(-c2ccccc2)nc1-c1ccccc1)c1ccc(C)cc1. The van der Waals surface area contributed by atoms with Gasteiger partial charge in [0.05, 0.1) is 0 Å². The molecule has 0 radical (unpaired) electrons. The van der Waals surface area contributed by atoms with Gasteiger partial charge in [0.25, 0.3) is 0 Å². The maximum Gasteiger partial charge on any atom is 0.146 e. The Bertz CT molecular complexity index is 1230. The van der Waals surface area contributed by atoms with E-state index in [1.807, 2.05) is 48.6 Å². The number of aromatic nitrogens is 1. The highest BCUT2D eigenvalue weighted by Gasteiger charge is 2.18. The standard InChI is InChI=1S/C29H27N3S/c1-4-20-32(21-5-2)27(24-18-16-22(3)17-19-24)31-29-26(23-12-8-6-9-13-23)30-28(33-29)25-14-10-7-11-15-25/h4-19H,1-2,20-21H2,3H3/b31-27+. The summed E-state index contributed by atoms with van der Waals surface area (Å²) in [5.41, 5.74) is 5.30. The lowest BCUT2D eigenvalue weighted by molar-refractivity contribution is 0.515. The molecule has 4 aromatic rings. The van der Waals surface area contributed by atoms with E-state index < -0.39 is 0 Å². The lowest BCUT2D eigenvalue weighted by Gasteiger charge is -2.24. The zero-order valence-electron chi connectivity index (χ0n) is 18.8. The summed E-state index contributed by atoms with van der Waals surface area (Å²) < 4.78 is 0. The maximum absolute atomic E-state index is 5.22. The third kappa shape index (κ3) is 5.36. The minimum absolute atomic E-state index is 0.670. The zero-order chi connectivity index (χ0) is 23.0. The van der Waals surface area contributed by atoms with Crippen LogP contribution < -0.4 is 0 Å². The van der Waals surface area contributed by atoms with Gasteiger partial charge in [-0.25, -0.2) is 9.98 Å². The summed E-state index contributed by atoms with van der Waals surface area (Å²) in [6, 6.07) is 29.0. The second-order valence-electron chi connectivity index (χ2n) is 7.69. The minimum atomic E-state index is 0.670. The Balaban J connectivity index is 1.91. The van der Waals surface area contributed by atoms with E-state index in [-0.39, 0.29) is 0 Å². The molecular formula is C29H27N3S. The van der Waals surface area contributed by atoms with Crippen molar-refractivity contribution in [1.82, 2.24) is 9.88 Å². The number of amidine groups is 1. The van der Waals surface area contributed by atoms with E-state index in [1.54, 1.807) is 11.3 Å². The second kappa shape index (κ2) is 10.7. The van der Waals surface area contributed by atoms with Gasteiger partial charge in [0.15, 0.2) is 0 Å². The molecule has 3 nitrogen and oxygen atoms in total. The molecule has 0 saturated heterocycles. The van der Waals surface area contributed by atoms with Crippen molar-refractivity contribution in [3.05, 3.63) is 121 Å². The van der Waals surface area contributed by atoms with Gasteiger partial charge in [0, 0.05) is 29.8 Å². The van der Waals surface area contributed by atoms with Gasteiger partial charge in [0.2, 0.25) is 0 Å². The highest BCUT2D eigenvalue weighted by atomic mass is 32.1. The molecule has 0 fully saturated rings. The Hall–Kier alpha value is -3.76. The number of aliphatic imine (C=N–C) groups is 1. The summed E-state index contributed by atoms with van der Waals surface area (Å²) in [6.45, 7) is 11.3. The average Bonchev–Trinajstić information content (AvgIpc) is 3.28. The molecule has 0 aliphatic heterocycles. The zero-order valence-corrected chi connectivity index (χ0v) is 19.6. The number of thiazole rings is 1. The number of nitrogens with zero attached hydrogens (tertiary/aromatic N) is 3. The topological polar surface area (TPSA) is 28.5 Å². The van der Waals surface area contributed by atoms with E-state index in [9.17, 15) is 0 Å². The van der Waals surface area contributed by atoms with Crippen LogP contribution in [0.15, 0.2) is 115 Å². The molecule has 0 spiro atoms. The lowest BCUT2D eigenvalue weighted by Crippen LogP contribution is -2.32. The molecular weight excluding hydrogens is 422 g/mol. The molecule has 1 aromatic heterocycles. The van der Waals surface area contributed by atoms with Crippen LogP contribution in [0.5, 0.6) is 0 Å². The molecule has 4 rings (SSSR count). The molecule has 0 bridgehead atoms. The fraction of sp³-hybridized carbons (Fsp3) is 0.103. The van der Waals surface area contributed by atoms with Crippen molar-refractivity contribution in [2.24, 2.45) is 4.99 Å². The molecule has 0 aliphatic rings. The van der Waals surface area contributed by atoms with Crippen molar-refractivity contribution in [3.8, 4) is 21.8 Å². The van der Waals surface area contributed by atoms with E-state index in [0.29, 0.717) is 13.1 Å². The first kappa shape index (κ1) is 22.4. The molecule has 164 valence electrons.